The molecule has 0 aliphatic heterocycles. The molecule has 0 bridgehead atoms. The van der Waals surface area contributed by atoms with Crippen LogP contribution in [0.1, 0.15) is 175 Å². The Balaban J connectivity index is -0.000000414. The molecule has 4 N–H and O–H groups in total. The number of benzene rings is 2. The molecular formula is C76H158ClN4O13Si12+. The van der Waals surface area contributed by atoms with Gasteiger partial charge in [0, 0.05) is 72.5 Å². The number of ketones is 2. The zero-order valence-corrected chi connectivity index (χ0v) is 84.3. The van der Waals surface area contributed by atoms with Crippen LogP contribution in [0.5, 0.6) is 0 Å². The van der Waals surface area contributed by atoms with Gasteiger partial charge < -0.3 is 72.2 Å². The summed E-state index contributed by atoms with van der Waals surface area (Å²) < 4.78 is 96.4. The second kappa shape index (κ2) is 66.8. The van der Waals surface area contributed by atoms with Crippen LogP contribution in [-0.4, -0.2) is 202 Å². The van der Waals surface area contributed by atoms with E-state index in [2.05, 4.69) is 137 Å². The monoisotopic (exact) mass is 1710 g/mol. The first kappa shape index (κ1) is 113. The van der Waals surface area contributed by atoms with Crippen molar-refractivity contribution in [1.82, 2.24) is 4.90 Å². The Kier molecular flexibility index (Phi) is 71.2. The van der Waals surface area contributed by atoms with E-state index < -0.39 is 108 Å². The summed E-state index contributed by atoms with van der Waals surface area (Å²) in [5, 5.41) is 8.30. The number of carboxylic acid groups (broad SMARTS) is 1. The molecule has 2 aromatic carbocycles. The highest BCUT2D eigenvalue weighted by Gasteiger charge is 2.45. The van der Waals surface area contributed by atoms with Gasteiger partial charge in [0.25, 0.3) is 52.1 Å². The van der Waals surface area contributed by atoms with E-state index in [1.54, 1.807) is 0 Å². The number of nitrogens with two attached hydrogens (primary N) is 1. The van der Waals surface area contributed by atoms with Crippen LogP contribution in [0, 0.1) is 13.8 Å². The van der Waals surface area contributed by atoms with Crippen LogP contribution in [0.2, 0.25) is 147 Å². The highest BCUT2D eigenvalue weighted by Crippen LogP contribution is 2.33. The lowest BCUT2D eigenvalue weighted by atomic mass is 10.1. The van der Waals surface area contributed by atoms with Crippen LogP contribution in [0.15, 0.2) is 60.7 Å². The maximum absolute atomic E-state index is 12.5. The fourth-order valence-electron chi connectivity index (χ4n) is 12.0. The molecule has 0 fully saturated rings. The summed E-state index contributed by atoms with van der Waals surface area (Å²) >= 11 is 0. The molecule has 0 atom stereocenters. The number of carbonyl (C=O) groups excluding carboxylic acids is 2. The number of Topliss-reactive ketones (excluding diaryl/α,β-unsaturated/α-hetero) is 2. The van der Waals surface area contributed by atoms with Crippen molar-refractivity contribution in [2.75, 3.05) is 61.4 Å². The molecule has 0 saturated carbocycles. The number of nitrogens with one attached hydrogen (secondary N) is 1. The molecule has 0 aromatic heterocycles. The number of nitrogens with zero attached hydrogens (tertiary/aromatic N) is 2. The Bertz CT molecular complexity index is 2510. The first-order valence-corrected chi connectivity index (χ1v) is 68.8. The van der Waals surface area contributed by atoms with E-state index in [1.165, 1.54) is 29.0 Å². The zero-order valence-electron chi connectivity index (χ0n) is 71.5. The maximum Gasteiger partial charge on any atom is 0.303 e. The number of carboxylic acids is 1. The second-order valence-electron chi connectivity index (χ2n) is 32.5. The van der Waals surface area contributed by atoms with Gasteiger partial charge in [0.2, 0.25) is 0 Å². The van der Waals surface area contributed by atoms with Crippen molar-refractivity contribution >= 4 is 126 Å². The van der Waals surface area contributed by atoms with E-state index in [9.17, 15) is 41.2 Å². The van der Waals surface area contributed by atoms with Gasteiger partial charge in [-0.2, -0.15) is 0 Å². The topological polar surface area (TPSA) is 238 Å². The van der Waals surface area contributed by atoms with Gasteiger partial charge >= 0.3 is 5.97 Å². The van der Waals surface area contributed by atoms with Crippen LogP contribution in [0.25, 0.3) is 0 Å². The number of hydrogen-bond donors (Lipinski definition) is 3. The predicted octanol–water partition coefficient (Wildman–Crippen LogP) is 14.9. The first-order chi connectivity index (χ1) is 48.9. The Morgan fingerprint density at radius 3 is 0.962 bits per heavy atom. The molecule has 2 aromatic rings. The molecule has 0 amide bonds. The third kappa shape index (κ3) is 73.8. The maximum atomic E-state index is 12.5. The minimum absolute atomic E-state index is 0. The molecule has 0 saturated heterocycles. The summed E-state index contributed by atoms with van der Waals surface area (Å²) in [6.45, 7) is 43.2. The van der Waals surface area contributed by atoms with Crippen LogP contribution >= 0.6 is 0 Å². The van der Waals surface area contributed by atoms with Gasteiger partial charge in [0.1, 0.15) is 31.9 Å². The third-order valence-corrected chi connectivity index (χ3v) is 63.1. The molecule has 17 nitrogen and oxygen atoms in total. The van der Waals surface area contributed by atoms with E-state index in [1.807, 2.05) is 89.6 Å². The molecular weight excluding hydrogens is 1550 g/mol. The average molecular weight is 1710 g/mol. The van der Waals surface area contributed by atoms with E-state index in [4.69, 9.17) is 23.2 Å². The minimum atomic E-state index is -2.31. The lowest BCUT2D eigenvalue weighted by Gasteiger charge is -2.37. The number of aryl methyl sites for hydroxylation is 2. The van der Waals surface area contributed by atoms with Gasteiger partial charge in [-0.25, -0.2) is 4.58 Å². The van der Waals surface area contributed by atoms with Gasteiger partial charge in [0.15, 0.2) is 49.9 Å². The summed E-state index contributed by atoms with van der Waals surface area (Å²) in [6, 6.07) is 27.5. The average Bonchev–Trinajstić information content (AvgIpc) is 0.840. The van der Waals surface area contributed by atoms with Crippen LogP contribution in [0.4, 0.5) is 0 Å². The molecule has 0 aliphatic rings. The molecule has 0 spiro atoms. The number of aliphatic carboxylic acids is 1. The van der Waals surface area contributed by atoms with Crippen molar-refractivity contribution in [3.8, 4) is 0 Å². The lowest BCUT2D eigenvalue weighted by molar-refractivity contribution is -0.858. The molecule has 0 radical (unpaired) electrons. The normalized spacial score (nSPS) is 11.5. The number of quaternary nitrogens is 1. The van der Waals surface area contributed by atoms with E-state index in [-0.39, 0.29) is 12.4 Å². The molecule has 0 aliphatic carbocycles. The highest BCUT2D eigenvalue weighted by atomic mass is 35.5. The molecule has 0 heterocycles. The molecule has 30 heteroatoms. The smallest absolute Gasteiger partial charge is 0.303 e. The Morgan fingerprint density at radius 1 is 0.453 bits per heavy atom. The van der Waals surface area contributed by atoms with Gasteiger partial charge in [-0.15, -0.1) is 0 Å². The Hall–Kier alpha value is -1.63. The first-order valence-electron chi connectivity index (χ1n) is 40.1. The quantitative estimate of drug-likeness (QED) is 0.0242. The summed E-state index contributed by atoms with van der Waals surface area (Å²) in [5.41, 5.74) is 12.4. The summed E-state index contributed by atoms with van der Waals surface area (Å²) in [6.07, 6.45) is 16.8. The SMILES string of the molecule is C=[N+](C)CCCCCC(=O)O.CC[Si](=O)C[Si](CCCCC(=O)CCCCCN(C)C)(C[Si](=O)CC)O[Si](C)(C)C.CC[Si](=O)C[Si](CCCCC(=O)CCCCC[NH+](C)C)(C[Si](=O)CC)O[Si](C)(C)C.CC[Si](=O)C[Si](CCCN)(C[Si](=O)CC)O[Si](C)(C)C.Cc1ccccc1.Cc1ccccc1.[Cl-]. The van der Waals surface area contributed by atoms with Gasteiger partial charge in [-0.1, -0.05) is 133 Å². The number of hydrogen-bond acceptors (Lipinski definition) is 14. The molecule has 2 rings (SSSR count). The fourth-order valence-corrected chi connectivity index (χ4v) is 69.4. The fraction of sp³-hybridized carbons (Fsp3) is 0.789. The minimum Gasteiger partial charge on any atom is -1.00 e. The van der Waals surface area contributed by atoms with Crippen molar-refractivity contribution in [3.63, 3.8) is 0 Å². The standard InChI is InChI=1S/2C21H47NO4Si4.C12H31NO3Si4.C8H15NO2.2C7H8.ClH/c2*1-8-27(24)19-30(20-28(25)9-2,26-29(5,6)7)18-14-12-16-21(23)15-11-10-13-17-22(3)4;1-6-17(14)11-20(10-8-9-13,12-18(15)7-2)16-19(3,4)5;1-9(2)7-5-3-4-6-8(10)11;2*1-7-5-3-2-4-6-7;/h2*8-20H2,1-7H3;6-13H2,1-5H3;1,3-7H2,2H3;2*2-6H,1H3;1H/p+1. The Labute approximate surface area is 670 Å². The van der Waals surface area contributed by atoms with E-state index >= 15 is 0 Å². The largest absolute Gasteiger partial charge is 1.00 e. The van der Waals surface area contributed by atoms with Crippen molar-refractivity contribution in [2.24, 2.45) is 5.73 Å². The number of unbranched alkanes of at least 4 members (excludes halogenated alkanes) is 8. The molecule has 0 unspecified atom stereocenters. The van der Waals surface area contributed by atoms with Crippen molar-refractivity contribution in [1.29, 1.82) is 0 Å². The Morgan fingerprint density at radius 2 is 0.726 bits per heavy atom. The predicted molar refractivity (Wildman–Crippen MR) is 467 cm³/mol. The van der Waals surface area contributed by atoms with Gasteiger partial charge in [-0.05, 0) is 219 Å². The van der Waals surface area contributed by atoms with Crippen molar-refractivity contribution in [3.05, 3.63) is 71.8 Å². The van der Waals surface area contributed by atoms with Gasteiger partial charge in [-0.3, -0.25) is 14.4 Å². The molecule has 614 valence electrons. The third-order valence-electron chi connectivity index (χ3n) is 17.1. The van der Waals surface area contributed by atoms with Crippen LogP contribution < -0.4 is 23.0 Å². The van der Waals surface area contributed by atoms with E-state index in [0.717, 1.165) is 127 Å². The van der Waals surface area contributed by atoms with Crippen LogP contribution in [0.3, 0.4) is 0 Å². The lowest BCUT2D eigenvalue weighted by Crippen LogP contribution is -3.05. The van der Waals surface area contributed by atoms with Crippen molar-refractivity contribution < 1.29 is 80.5 Å². The van der Waals surface area contributed by atoms with Crippen LogP contribution in [-0.2, 0) is 53.5 Å². The number of rotatable bonds is 55. The number of halogens is 1. The highest BCUT2D eigenvalue weighted by molar-refractivity contribution is 6.95. The number of carbonyl (C=O) groups is 3. The summed E-state index contributed by atoms with van der Waals surface area (Å²) in [4.78, 5) is 38.2. The van der Waals surface area contributed by atoms with Gasteiger partial charge in [0.05, 0.1) is 20.6 Å². The summed E-state index contributed by atoms with van der Waals surface area (Å²) in [5.74, 6) is 0.0327. The van der Waals surface area contributed by atoms with Crippen molar-refractivity contribution in [2.45, 2.75) is 325 Å². The second-order valence-corrected chi connectivity index (χ2v) is 75.4. The molecule has 106 heavy (non-hydrogen) atoms. The zero-order chi connectivity index (χ0) is 81.1. The summed E-state index contributed by atoms with van der Waals surface area (Å²) in [7, 11) is -11.6. The van der Waals surface area contributed by atoms with E-state index in [0.29, 0.717) is 108 Å².